The van der Waals surface area contributed by atoms with Crippen LogP contribution in [-0.4, -0.2) is 24.0 Å². The van der Waals surface area contributed by atoms with Gasteiger partial charge in [-0.3, -0.25) is 4.79 Å². The van der Waals surface area contributed by atoms with Crippen LogP contribution in [-0.2, 0) is 24.3 Å². The molecule has 23 heavy (non-hydrogen) atoms. The van der Waals surface area contributed by atoms with Crippen LogP contribution in [0.4, 0.5) is 0 Å². The van der Waals surface area contributed by atoms with Gasteiger partial charge in [-0.15, -0.1) is 11.3 Å². The van der Waals surface area contributed by atoms with Gasteiger partial charge in [0.1, 0.15) is 5.69 Å². The summed E-state index contributed by atoms with van der Waals surface area (Å²) < 4.78 is 5.60. The van der Waals surface area contributed by atoms with E-state index in [1.54, 1.807) is 5.38 Å². The van der Waals surface area contributed by atoms with Gasteiger partial charge in [0.15, 0.2) is 0 Å². The Labute approximate surface area is 140 Å². The van der Waals surface area contributed by atoms with Gasteiger partial charge in [-0.2, -0.15) is 0 Å². The van der Waals surface area contributed by atoms with Gasteiger partial charge in [0.05, 0.1) is 11.6 Å². The number of amides is 1. The van der Waals surface area contributed by atoms with Crippen LogP contribution in [0.5, 0.6) is 0 Å². The summed E-state index contributed by atoms with van der Waals surface area (Å²) in [5.74, 6) is -0.159. The summed E-state index contributed by atoms with van der Waals surface area (Å²) in [6.07, 6.45) is 1.70. The van der Waals surface area contributed by atoms with Crippen molar-refractivity contribution in [2.75, 3.05) is 13.2 Å². The lowest BCUT2D eigenvalue weighted by atomic mass is 10.1. The number of aromatic nitrogens is 1. The highest BCUT2D eigenvalue weighted by Gasteiger charge is 2.11. The molecular weight excluding hydrogens is 310 g/mol. The first-order chi connectivity index (χ1) is 11.2. The summed E-state index contributed by atoms with van der Waals surface area (Å²) in [5.41, 5.74) is 8.12. The van der Waals surface area contributed by atoms with Crippen LogP contribution >= 0.6 is 11.3 Å². The van der Waals surface area contributed by atoms with Crippen LogP contribution in [0.15, 0.2) is 29.6 Å². The van der Waals surface area contributed by atoms with Crippen molar-refractivity contribution in [2.45, 2.75) is 32.9 Å². The van der Waals surface area contributed by atoms with Crippen molar-refractivity contribution in [3.63, 3.8) is 0 Å². The van der Waals surface area contributed by atoms with Crippen molar-refractivity contribution in [1.29, 1.82) is 0 Å². The molecule has 0 radical (unpaired) electrons. The van der Waals surface area contributed by atoms with Gasteiger partial charge in [0, 0.05) is 25.0 Å². The molecule has 1 aromatic carbocycles. The molecule has 1 amide bonds. The normalized spacial score (nSPS) is 10.7. The lowest BCUT2D eigenvalue weighted by Crippen LogP contribution is -2.24. The average Bonchev–Trinajstić information content (AvgIpc) is 3.03. The number of hydrogen-bond acceptors (Lipinski definition) is 5. The van der Waals surface area contributed by atoms with Crippen LogP contribution in [0.1, 0.15) is 40.0 Å². The zero-order valence-corrected chi connectivity index (χ0v) is 14.2. The highest BCUT2D eigenvalue weighted by atomic mass is 32.1. The smallest absolute Gasteiger partial charge is 0.271 e. The molecule has 0 aliphatic rings. The summed E-state index contributed by atoms with van der Waals surface area (Å²) in [7, 11) is 0. The highest BCUT2D eigenvalue weighted by Crippen LogP contribution is 2.12. The molecule has 1 heterocycles. The number of benzene rings is 1. The van der Waals surface area contributed by atoms with E-state index in [4.69, 9.17) is 10.5 Å². The van der Waals surface area contributed by atoms with Crippen LogP contribution in [0.2, 0.25) is 0 Å². The van der Waals surface area contributed by atoms with Crippen LogP contribution in [0, 0.1) is 0 Å². The minimum Gasteiger partial charge on any atom is -0.377 e. The molecule has 2 aromatic rings. The topological polar surface area (TPSA) is 77.2 Å². The molecule has 2 rings (SSSR count). The zero-order chi connectivity index (χ0) is 16.5. The number of nitrogens with two attached hydrogens (primary N) is 1. The van der Waals surface area contributed by atoms with E-state index < -0.39 is 0 Å². The number of hydrogen-bond donors (Lipinski definition) is 2. The number of carbonyl (C=O) groups is 1. The van der Waals surface area contributed by atoms with E-state index >= 15 is 0 Å². The standard InChI is InChI=1S/C17H23N3O2S/c1-2-9-22-11-14-6-4-3-5-13(14)10-19-17(21)15-12-23-16(20-15)7-8-18/h3-6,12H,2,7-11,18H2,1H3,(H,19,21). The number of nitrogens with zero attached hydrogens (tertiary/aromatic N) is 1. The van der Waals surface area contributed by atoms with Crippen molar-refractivity contribution in [2.24, 2.45) is 5.73 Å². The molecule has 0 fully saturated rings. The van der Waals surface area contributed by atoms with E-state index in [1.165, 1.54) is 11.3 Å². The fourth-order valence-electron chi connectivity index (χ4n) is 2.12. The minimum absolute atomic E-state index is 0.159. The van der Waals surface area contributed by atoms with Crippen molar-refractivity contribution < 1.29 is 9.53 Å². The molecule has 0 aliphatic carbocycles. The Hall–Kier alpha value is -1.76. The first-order valence-corrected chi connectivity index (χ1v) is 8.69. The lowest BCUT2D eigenvalue weighted by Gasteiger charge is -2.10. The predicted octanol–water partition coefficient (Wildman–Crippen LogP) is 2.50. The maximum atomic E-state index is 12.2. The highest BCUT2D eigenvalue weighted by molar-refractivity contribution is 7.09. The van der Waals surface area contributed by atoms with Crippen molar-refractivity contribution >= 4 is 17.2 Å². The summed E-state index contributed by atoms with van der Waals surface area (Å²) in [4.78, 5) is 16.5. The fourth-order valence-corrected chi connectivity index (χ4v) is 2.91. The second-order valence-corrected chi connectivity index (χ2v) is 6.11. The van der Waals surface area contributed by atoms with E-state index in [0.717, 1.165) is 29.2 Å². The molecule has 124 valence electrons. The van der Waals surface area contributed by atoms with Crippen molar-refractivity contribution in [3.8, 4) is 0 Å². The van der Waals surface area contributed by atoms with Gasteiger partial charge >= 0.3 is 0 Å². The van der Waals surface area contributed by atoms with E-state index in [0.29, 0.717) is 31.8 Å². The summed E-state index contributed by atoms with van der Waals surface area (Å²) in [6, 6.07) is 7.98. The molecule has 0 spiro atoms. The second kappa shape index (κ2) is 9.39. The summed E-state index contributed by atoms with van der Waals surface area (Å²) in [6.45, 7) is 4.40. The maximum Gasteiger partial charge on any atom is 0.271 e. The average molecular weight is 333 g/mol. The van der Waals surface area contributed by atoms with Gasteiger partial charge < -0.3 is 15.8 Å². The predicted molar refractivity (Wildman–Crippen MR) is 92.4 cm³/mol. The Morgan fingerprint density at radius 1 is 1.35 bits per heavy atom. The third-order valence-corrected chi connectivity index (χ3v) is 4.21. The zero-order valence-electron chi connectivity index (χ0n) is 13.4. The Morgan fingerprint density at radius 3 is 2.87 bits per heavy atom. The van der Waals surface area contributed by atoms with Gasteiger partial charge in [-0.1, -0.05) is 31.2 Å². The number of thiazole rings is 1. The van der Waals surface area contributed by atoms with Gasteiger partial charge in [-0.25, -0.2) is 4.98 Å². The Morgan fingerprint density at radius 2 is 2.13 bits per heavy atom. The second-order valence-electron chi connectivity index (χ2n) is 5.17. The molecule has 1 aromatic heterocycles. The fraction of sp³-hybridized carbons (Fsp3) is 0.412. The Bertz CT molecular complexity index is 628. The van der Waals surface area contributed by atoms with Crippen molar-refractivity contribution in [3.05, 3.63) is 51.5 Å². The Kier molecular flexibility index (Phi) is 7.19. The van der Waals surface area contributed by atoms with E-state index in [9.17, 15) is 4.79 Å². The number of carbonyl (C=O) groups excluding carboxylic acids is 1. The van der Waals surface area contributed by atoms with Gasteiger partial charge in [0.2, 0.25) is 0 Å². The number of ether oxygens (including phenoxy) is 1. The quantitative estimate of drug-likeness (QED) is 0.691. The molecule has 0 saturated heterocycles. The number of nitrogens with one attached hydrogen (secondary N) is 1. The first kappa shape index (κ1) is 17.6. The monoisotopic (exact) mass is 333 g/mol. The Balaban J connectivity index is 1.92. The molecule has 0 bridgehead atoms. The molecule has 5 nitrogen and oxygen atoms in total. The third kappa shape index (κ3) is 5.42. The SMILES string of the molecule is CCCOCc1ccccc1CNC(=O)c1csc(CCN)n1. The van der Waals surface area contributed by atoms with Crippen molar-refractivity contribution in [1.82, 2.24) is 10.3 Å². The minimum atomic E-state index is -0.159. The largest absolute Gasteiger partial charge is 0.377 e. The third-order valence-electron chi connectivity index (χ3n) is 3.31. The van der Waals surface area contributed by atoms with E-state index in [-0.39, 0.29) is 5.91 Å². The van der Waals surface area contributed by atoms with E-state index in [1.807, 2.05) is 24.3 Å². The van der Waals surface area contributed by atoms with Gasteiger partial charge in [0.25, 0.3) is 5.91 Å². The lowest BCUT2D eigenvalue weighted by molar-refractivity contribution is 0.0945. The summed E-state index contributed by atoms with van der Waals surface area (Å²) >= 11 is 1.47. The molecule has 0 atom stereocenters. The molecule has 3 N–H and O–H groups in total. The molecule has 0 unspecified atom stereocenters. The molecule has 0 aliphatic heterocycles. The molecule has 0 saturated carbocycles. The van der Waals surface area contributed by atoms with Gasteiger partial charge in [-0.05, 0) is 24.1 Å². The molecule has 6 heteroatoms. The van der Waals surface area contributed by atoms with Crippen LogP contribution in [0.25, 0.3) is 0 Å². The van der Waals surface area contributed by atoms with Crippen LogP contribution < -0.4 is 11.1 Å². The number of rotatable bonds is 9. The first-order valence-electron chi connectivity index (χ1n) is 7.81. The van der Waals surface area contributed by atoms with E-state index in [2.05, 4.69) is 17.2 Å². The molecular formula is C17H23N3O2S. The maximum absolute atomic E-state index is 12.2. The summed E-state index contributed by atoms with van der Waals surface area (Å²) in [5, 5.41) is 5.59. The van der Waals surface area contributed by atoms with Crippen LogP contribution in [0.3, 0.4) is 0 Å².